The van der Waals surface area contributed by atoms with Gasteiger partial charge in [-0.05, 0) is 0 Å². The third-order valence-electron chi connectivity index (χ3n) is 6.35. The van der Waals surface area contributed by atoms with Crippen LogP contribution in [0.2, 0.25) is 0 Å². The van der Waals surface area contributed by atoms with Crippen LogP contribution in [0.15, 0.2) is 54.6 Å². The molecule has 0 aromatic heterocycles. The Morgan fingerprint density at radius 3 is 0.968 bits per heavy atom. The van der Waals surface area contributed by atoms with Crippen molar-refractivity contribution in [1.82, 2.24) is 0 Å². The van der Waals surface area contributed by atoms with E-state index in [4.69, 9.17) is 0 Å². The van der Waals surface area contributed by atoms with Crippen molar-refractivity contribution in [3.63, 3.8) is 0 Å². The molecule has 31 heavy (non-hydrogen) atoms. The van der Waals surface area contributed by atoms with E-state index in [-0.39, 0.29) is 0 Å². The van der Waals surface area contributed by atoms with E-state index in [1.165, 1.54) is 48.9 Å². The van der Waals surface area contributed by atoms with Crippen molar-refractivity contribution in [2.24, 2.45) is 0 Å². The summed E-state index contributed by atoms with van der Waals surface area (Å²) in [4.78, 5) is 0. The molecule has 0 aliphatic carbocycles. The molecule has 161 valence electrons. The van der Waals surface area contributed by atoms with Crippen molar-refractivity contribution in [2.75, 3.05) is 0 Å². The molecule has 0 fully saturated rings. The second-order valence-electron chi connectivity index (χ2n) is 9.97. The van der Waals surface area contributed by atoms with Gasteiger partial charge in [0, 0.05) is 0 Å². The van der Waals surface area contributed by atoms with E-state index in [0.29, 0.717) is 23.7 Å². The van der Waals surface area contributed by atoms with E-state index in [0.717, 1.165) is 0 Å². The van der Waals surface area contributed by atoms with Gasteiger partial charge in [-0.25, -0.2) is 0 Å². The molecule has 0 bridgehead atoms. The molecule has 0 saturated carbocycles. The first-order valence-corrected chi connectivity index (χ1v) is 12.8. The molecule has 0 heterocycles. The Kier molecular flexibility index (Phi) is 7.52. The molecule has 3 radical (unpaired) electrons. The van der Waals surface area contributed by atoms with Crippen molar-refractivity contribution < 1.29 is 0 Å². The van der Waals surface area contributed by atoms with Gasteiger partial charge in [-0.3, -0.25) is 0 Å². The fourth-order valence-electron chi connectivity index (χ4n) is 4.69. The van der Waals surface area contributed by atoms with Gasteiger partial charge in [-0.1, -0.05) is 0 Å². The van der Waals surface area contributed by atoms with E-state index in [2.05, 4.69) is 127 Å². The molecule has 0 atom stereocenters. The number of rotatable bonds is 6. The van der Waals surface area contributed by atoms with Crippen LogP contribution >= 0.6 is 0 Å². The van der Waals surface area contributed by atoms with Crippen LogP contribution in [0.3, 0.4) is 0 Å². The summed E-state index contributed by atoms with van der Waals surface area (Å²) in [6.07, 6.45) is 0. The van der Waals surface area contributed by atoms with E-state index >= 15 is 0 Å². The van der Waals surface area contributed by atoms with Crippen LogP contribution in [0.1, 0.15) is 101 Å². The Bertz CT molecular complexity index is 920. The fourth-order valence-corrected chi connectivity index (χ4v) is 5.57. The Balaban J connectivity index is 2.38. The van der Waals surface area contributed by atoms with Crippen LogP contribution in [0.5, 0.6) is 0 Å². The first-order chi connectivity index (χ1) is 14.6. The minimum atomic E-state index is 0.492. The number of hydrogen-bond acceptors (Lipinski definition) is 0. The standard InChI is InChI=1S/C30H37Ge/c1-18(2)22-12-9-13-23(19(3)4)28(22)26-16-11-17-27(30(26)31)29-24(20(5)6)14-10-15-25(29)21(7)8/h9-21H,1-8H3. The first kappa shape index (κ1) is 23.9. The maximum absolute atomic E-state index is 2.33. The van der Waals surface area contributed by atoms with Crippen LogP contribution in [0, 0.1) is 0 Å². The zero-order valence-electron chi connectivity index (χ0n) is 20.5. The van der Waals surface area contributed by atoms with Gasteiger partial charge >= 0.3 is 199 Å². The normalized spacial score (nSPS) is 11.9. The van der Waals surface area contributed by atoms with Gasteiger partial charge < -0.3 is 0 Å². The average molecular weight is 470 g/mol. The van der Waals surface area contributed by atoms with E-state index in [1.54, 1.807) is 0 Å². The quantitative estimate of drug-likeness (QED) is 0.318. The zero-order valence-corrected chi connectivity index (χ0v) is 22.6. The van der Waals surface area contributed by atoms with Gasteiger partial charge in [-0.2, -0.15) is 0 Å². The summed E-state index contributed by atoms with van der Waals surface area (Å²) < 4.78 is 1.40. The van der Waals surface area contributed by atoms with Crippen molar-refractivity contribution in [3.8, 4) is 22.3 Å². The summed E-state index contributed by atoms with van der Waals surface area (Å²) >= 11 is 2.33. The van der Waals surface area contributed by atoms with Crippen molar-refractivity contribution in [1.29, 1.82) is 0 Å². The number of hydrogen-bond donors (Lipinski definition) is 0. The molecule has 0 saturated heterocycles. The maximum atomic E-state index is 2.33. The van der Waals surface area contributed by atoms with Crippen LogP contribution in [0.25, 0.3) is 22.3 Å². The summed E-state index contributed by atoms with van der Waals surface area (Å²) in [6.45, 7) is 18.5. The van der Waals surface area contributed by atoms with E-state index in [9.17, 15) is 0 Å². The van der Waals surface area contributed by atoms with Crippen LogP contribution < -0.4 is 4.40 Å². The van der Waals surface area contributed by atoms with Crippen molar-refractivity contribution in [2.45, 2.75) is 79.1 Å². The Hall–Kier alpha value is -1.80. The molecule has 3 rings (SSSR count). The summed E-state index contributed by atoms with van der Waals surface area (Å²) in [6, 6.07) is 20.7. The van der Waals surface area contributed by atoms with Crippen LogP contribution in [-0.4, -0.2) is 16.5 Å². The molecule has 0 nitrogen and oxygen atoms in total. The predicted molar refractivity (Wildman–Crippen MR) is 139 cm³/mol. The second-order valence-corrected chi connectivity index (χ2v) is 11.0. The number of benzene rings is 3. The molecule has 0 aliphatic heterocycles. The molecular formula is C30H37Ge. The molecule has 0 N–H and O–H groups in total. The van der Waals surface area contributed by atoms with Crippen molar-refractivity contribution in [3.05, 3.63) is 76.9 Å². The molecule has 0 aliphatic rings. The summed E-state index contributed by atoms with van der Waals surface area (Å²) in [5, 5.41) is 0. The third kappa shape index (κ3) is 4.70. The summed E-state index contributed by atoms with van der Waals surface area (Å²) in [7, 11) is 0. The third-order valence-corrected chi connectivity index (χ3v) is 7.48. The first-order valence-electron chi connectivity index (χ1n) is 11.8. The second kappa shape index (κ2) is 9.78. The molecule has 0 amide bonds. The van der Waals surface area contributed by atoms with Crippen LogP contribution in [-0.2, 0) is 0 Å². The van der Waals surface area contributed by atoms with Gasteiger partial charge in [-0.15, -0.1) is 0 Å². The van der Waals surface area contributed by atoms with E-state index < -0.39 is 0 Å². The zero-order chi connectivity index (χ0) is 22.9. The summed E-state index contributed by atoms with van der Waals surface area (Å²) in [5.41, 5.74) is 11.5. The topological polar surface area (TPSA) is 0 Å². The predicted octanol–water partition coefficient (Wildman–Crippen LogP) is 8.31. The molecule has 1 heteroatoms. The average Bonchev–Trinajstić information content (AvgIpc) is 2.72. The van der Waals surface area contributed by atoms with Gasteiger partial charge in [0.25, 0.3) is 0 Å². The van der Waals surface area contributed by atoms with Gasteiger partial charge in [0.2, 0.25) is 0 Å². The van der Waals surface area contributed by atoms with Crippen molar-refractivity contribution >= 4 is 20.9 Å². The van der Waals surface area contributed by atoms with Gasteiger partial charge in [0.15, 0.2) is 0 Å². The van der Waals surface area contributed by atoms with Gasteiger partial charge in [0.05, 0.1) is 0 Å². The fraction of sp³-hybridized carbons (Fsp3) is 0.400. The van der Waals surface area contributed by atoms with E-state index in [1.807, 2.05) is 0 Å². The Morgan fingerprint density at radius 2 is 0.710 bits per heavy atom. The van der Waals surface area contributed by atoms with Crippen LogP contribution in [0.4, 0.5) is 0 Å². The Labute approximate surface area is 198 Å². The van der Waals surface area contributed by atoms with Gasteiger partial charge in [0.1, 0.15) is 0 Å². The molecule has 3 aromatic carbocycles. The minimum absolute atomic E-state index is 0.492. The monoisotopic (exact) mass is 471 g/mol. The molecular weight excluding hydrogens is 433 g/mol. The molecule has 0 spiro atoms. The molecule has 0 unspecified atom stereocenters. The summed E-state index contributed by atoms with van der Waals surface area (Å²) in [5.74, 6) is 1.97. The molecule has 3 aromatic rings. The SMILES string of the molecule is CC(C)c1cccc(C(C)C)c1-c1cccc(-c2c(C(C)C)cccc2C(C)C)[c]1[Ge]. The Morgan fingerprint density at radius 1 is 0.452 bits per heavy atom.